The number of thioether (sulfide) groups is 1. The molecule has 0 spiro atoms. The summed E-state index contributed by atoms with van der Waals surface area (Å²) in [5.41, 5.74) is 0. The lowest BCUT2D eigenvalue weighted by molar-refractivity contribution is 0.219. The quantitative estimate of drug-likeness (QED) is 0.721. The van der Waals surface area contributed by atoms with Gasteiger partial charge in [0.15, 0.2) is 0 Å². The van der Waals surface area contributed by atoms with Crippen LogP contribution in [-0.4, -0.2) is 49.1 Å². The highest BCUT2D eigenvalue weighted by molar-refractivity contribution is 7.98. The maximum atomic E-state index is 3.55. The van der Waals surface area contributed by atoms with Gasteiger partial charge in [-0.25, -0.2) is 0 Å². The van der Waals surface area contributed by atoms with Crippen LogP contribution in [0, 0.1) is 11.8 Å². The van der Waals surface area contributed by atoms with E-state index in [2.05, 4.69) is 23.4 Å². The van der Waals surface area contributed by atoms with Crippen LogP contribution in [0.5, 0.6) is 0 Å². The molecule has 0 saturated carbocycles. The molecule has 2 fully saturated rings. The number of hydrogen-bond acceptors (Lipinski definition) is 3. The number of rotatable bonds is 5. The molecule has 2 rings (SSSR count). The summed E-state index contributed by atoms with van der Waals surface area (Å²) in [7, 11) is 0. The average Bonchev–Trinajstić information content (AvgIpc) is 2.77. The standard InChI is InChI=1S/C12H24N2S/c1-3-12-11-8-13-7-10(11)9-14(12)5-4-6-15-2/h10-13H,3-9H2,1-2H3. The minimum Gasteiger partial charge on any atom is -0.316 e. The van der Waals surface area contributed by atoms with E-state index in [1.54, 1.807) is 0 Å². The van der Waals surface area contributed by atoms with Crippen molar-refractivity contribution in [2.75, 3.05) is 38.2 Å². The van der Waals surface area contributed by atoms with Crippen molar-refractivity contribution in [3.8, 4) is 0 Å². The highest BCUT2D eigenvalue weighted by Crippen LogP contribution is 2.34. The van der Waals surface area contributed by atoms with E-state index in [-0.39, 0.29) is 0 Å². The molecule has 2 saturated heterocycles. The molecule has 3 atom stereocenters. The van der Waals surface area contributed by atoms with Crippen LogP contribution in [0.15, 0.2) is 0 Å². The van der Waals surface area contributed by atoms with Crippen molar-refractivity contribution in [1.82, 2.24) is 10.2 Å². The highest BCUT2D eigenvalue weighted by Gasteiger charge is 2.42. The number of nitrogens with zero attached hydrogens (tertiary/aromatic N) is 1. The topological polar surface area (TPSA) is 15.3 Å². The first-order valence-corrected chi connectivity index (χ1v) is 7.70. The zero-order chi connectivity index (χ0) is 10.7. The van der Waals surface area contributed by atoms with Gasteiger partial charge in [0.1, 0.15) is 0 Å². The Bertz CT molecular complexity index is 198. The molecule has 3 heteroatoms. The van der Waals surface area contributed by atoms with Gasteiger partial charge < -0.3 is 5.32 Å². The molecule has 0 aromatic heterocycles. The van der Waals surface area contributed by atoms with Crippen molar-refractivity contribution in [2.45, 2.75) is 25.8 Å². The number of fused-ring (bicyclic) bond motifs is 1. The van der Waals surface area contributed by atoms with E-state index in [1.165, 1.54) is 44.8 Å². The molecule has 15 heavy (non-hydrogen) atoms. The summed E-state index contributed by atoms with van der Waals surface area (Å²) >= 11 is 1.98. The fourth-order valence-electron chi connectivity index (χ4n) is 3.34. The molecule has 0 aromatic rings. The highest BCUT2D eigenvalue weighted by atomic mass is 32.2. The Balaban J connectivity index is 1.84. The molecular weight excluding hydrogens is 204 g/mol. The molecular formula is C12H24N2S. The fourth-order valence-corrected chi connectivity index (χ4v) is 3.76. The van der Waals surface area contributed by atoms with Crippen molar-refractivity contribution in [3.05, 3.63) is 0 Å². The van der Waals surface area contributed by atoms with Crippen LogP contribution in [0.1, 0.15) is 19.8 Å². The molecule has 0 radical (unpaired) electrons. The van der Waals surface area contributed by atoms with E-state index in [1.807, 2.05) is 11.8 Å². The predicted octanol–water partition coefficient (Wildman–Crippen LogP) is 1.67. The SMILES string of the molecule is CCC1C2CNCC2CN1CCCSC. The number of hydrogen-bond donors (Lipinski definition) is 1. The molecule has 0 aromatic carbocycles. The largest absolute Gasteiger partial charge is 0.316 e. The average molecular weight is 228 g/mol. The Morgan fingerprint density at radius 3 is 3.00 bits per heavy atom. The molecule has 2 heterocycles. The summed E-state index contributed by atoms with van der Waals surface area (Å²) in [4.78, 5) is 2.76. The fraction of sp³-hybridized carbons (Fsp3) is 1.00. The maximum absolute atomic E-state index is 3.55. The van der Waals surface area contributed by atoms with Crippen molar-refractivity contribution >= 4 is 11.8 Å². The van der Waals surface area contributed by atoms with Gasteiger partial charge in [0.2, 0.25) is 0 Å². The lowest BCUT2D eigenvalue weighted by Crippen LogP contribution is -2.35. The smallest absolute Gasteiger partial charge is 0.0137 e. The second kappa shape index (κ2) is 5.55. The van der Waals surface area contributed by atoms with Gasteiger partial charge in [0, 0.05) is 12.6 Å². The van der Waals surface area contributed by atoms with Crippen molar-refractivity contribution in [3.63, 3.8) is 0 Å². The third-order valence-electron chi connectivity index (χ3n) is 4.04. The third-order valence-corrected chi connectivity index (χ3v) is 4.73. The second-order valence-corrected chi connectivity index (χ2v) is 5.88. The van der Waals surface area contributed by atoms with Crippen molar-refractivity contribution < 1.29 is 0 Å². The molecule has 0 amide bonds. The molecule has 2 nitrogen and oxygen atoms in total. The predicted molar refractivity (Wildman–Crippen MR) is 68.5 cm³/mol. The van der Waals surface area contributed by atoms with Gasteiger partial charge in [-0.05, 0) is 56.3 Å². The molecule has 1 N–H and O–H groups in total. The molecule has 88 valence electrons. The zero-order valence-corrected chi connectivity index (χ0v) is 10.9. The first kappa shape index (κ1) is 11.7. The number of likely N-dealkylation sites (tertiary alicyclic amines) is 1. The Morgan fingerprint density at radius 2 is 2.27 bits per heavy atom. The van der Waals surface area contributed by atoms with Gasteiger partial charge in [-0.2, -0.15) is 11.8 Å². The monoisotopic (exact) mass is 228 g/mol. The Kier molecular flexibility index (Phi) is 4.35. The van der Waals surface area contributed by atoms with E-state index in [0.717, 1.165) is 17.9 Å². The van der Waals surface area contributed by atoms with Gasteiger partial charge >= 0.3 is 0 Å². The van der Waals surface area contributed by atoms with E-state index in [0.29, 0.717) is 0 Å². The number of nitrogens with one attached hydrogen (secondary N) is 1. The zero-order valence-electron chi connectivity index (χ0n) is 10.0. The van der Waals surface area contributed by atoms with E-state index in [4.69, 9.17) is 0 Å². The van der Waals surface area contributed by atoms with Crippen LogP contribution in [0.4, 0.5) is 0 Å². The normalized spacial score (nSPS) is 36.0. The Labute approximate surface area is 98.2 Å². The van der Waals surface area contributed by atoms with Gasteiger partial charge in [0.25, 0.3) is 0 Å². The molecule has 0 bridgehead atoms. The summed E-state index contributed by atoms with van der Waals surface area (Å²) in [6.07, 6.45) is 4.91. The summed E-state index contributed by atoms with van der Waals surface area (Å²) in [6, 6.07) is 0.867. The molecule has 0 aliphatic carbocycles. The van der Waals surface area contributed by atoms with E-state index >= 15 is 0 Å². The summed E-state index contributed by atoms with van der Waals surface area (Å²) < 4.78 is 0. The first-order valence-electron chi connectivity index (χ1n) is 6.30. The molecule has 2 aliphatic rings. The minimum absolute atomic E-state index is 0.867. The maximum Gasteiger partial charge on any atom is 0.0137 e. The second-order valence-electron chi connectivity index (χ2n) is 4.90. The van der Waals surface area contributed by atoms with Crippen LogP contribution in [0.25, 0.3) is 0 Å². The van der Waals surface area contributed by atoms with Crippen LogP contribution >= 0.6 is 11.8 Å². The summed E-state index contributed by atoms with van der Waals surface area (Å²) in [6.45, 7) is 7.56. The first-order chi connectivity index (χ1) is 7.36. The van der Waals surface area contributed by atoms with Crippen LogP contribution in [-0.2, 0) is 0 Å². The summed E-state index contributed by atoms with van der Waals surface area (Å²) in [5, 5.41) is 3.55. The van der Waals surface area contributed by atoms with E-state index in [9.17, 15) is 0 Å². The minimum atomic E-state index is 0.867. The Hall–Kier alpha value is 0.270. The molecule has 3 unspecified atom stereocenters. The molecule has 2 aliphatic heterocycles. The van der Waals surface area contributed by atoms with Gasteiger partial charge in [-0.3, -0.25) is 4.90 Å². The lowest BCUT2D eigenvalue weighted by Gasteiger charge is -2.26. The van der Waals surface area contributed by atoms with Gasteiger partial charge in [0.05, 0.1) is 0 Å². The van der Waals surface area contributed by atoms with Crippen LogP contribution in [0.3, 0.4) is 0 Å². The van der Waals surface area contributed by atoms with Crippen LogP contribution < -0.4 is 5.32 Å². The van der Waals surface area contributed by atoms with Crippen molar-refractivity contribution in [1.29, 1.82) is 0 Å². The summed E-state index contributed by atoms with van der Waals surface area (Å²) in [5.74, 6) is 3.22. The third kappa shape index (κ3) is 2.51. The van der Waals surface area contributed by atoms with Crippen molar-refractivity contribution in [2.24, 2.45) is 11.8 Å². The van der Waals surface area contributed by atoms with Crippen LogP contribution in [0.2, 0.25) is 0 Å². The lowest BCUT2D eigenvalue weighted by atomic mass is 9.93. The van der Waals surface area contributed by atoms with Gasteiger partial charge in [-0.15, -0.1) is 0 Å². The van der Waals surface area contributed by atoms with Gasteiger partial charge in [-0.1, -0.05) is 6.92 Å². The Morgan fingerprint density at radius 1 is 1.40 bits per heavy atom. The van der Waals surface area contributed by atoms with E-state index < -0.39 is 0 Å².